The van der Waals surface area contributed by atoms with Crippen molar-refractivity contribution in [2.75, 3.05) is 49.9 Å². The van der Waals surface area contributed by atoms with Crippen molar-refractivity contribution in [1.82, 2.24) is 24.8 Å². The van der Waals surface area contributed by atoms with Crippen molar-refractivity contribution in [3.05, 3.63) is 48.2 Å². The molecule has 2 fully saturated rings. The molecule has 0 radical (unpaired) electrons. The average Bonchev–Trinajstić information content (AvgIpc) is 3.10. The third-order valence-electron chi connectivity index (χ3n) is 7.74. The van der Waals surface area contributed by atoms with Crippen LogP contribution in [0.4, 0.5) is 11.5 Å². The Balaban J connectivity index is 1.19. The Morgan fingerprint density at radius 2 is 1.79 bits per heavy atom. The second-order valence-electron chi connectivity index (χ2n) is 10.1. The van der Waals surface area contributed by atoms with Crippen LogP contribution in [0.3, 0.4) is 0 Å². The summed E-state index contributed by atoms with van der Waals surface area (Å²) in [6, 6.07) is 14.0. The van der Waals surface area contributed by atoms with Gasteiger partial charge in [0.25, 0.3) is 0 Å². The number of nitrogens with zero attached hydrogens (tertiary/aromatic N) is 5. The van der Waals surface area contributed by atoms with Crippen LogP contribution in [0, 0.1) is 6.92 Å². The highest BCUT2D eigenvalue weighted by molar-refractivity contribution is 5.91. The number of piperazine rings is 1. The summed E-state index contributed by atoms with van der Waals surface area (Å²) in [7, 11) is 0. The van der Waals surface area contributed by atoms with Crippen LogP contribution in [0.1, 0.15) is 19.4 Å². The standard InChI is InChI=1S/C27H33N7/c1-17(2)32-8-10-33(11-9-32)21-15-34(16-21)20-13-26-24(29-14-20)7-6-23(30-26)19-4-5-22-18(3)27(28)31-25(22)12-19/h4-7,12-14,17,21,31H,8-11,15-16,28H2,1-3H3. The number of benzene rings is 1. The van der Waals surface area contributed by atoms with E-state index in [-0.39, 0.29) is 0 Å². The summed E-state index contributed by atoms with van der Waals surface area (Å²) in [5.41, 5.74) is 13.3. The number of hydrogen-bond acceptors (Lipinski definition) is 6. The molecule has 0 aliphatic carbocycles. The van der Waals surface area contributed by atoms with Gasteiger partial charge < -0.3 is 15.6 Å². The largest absolute Gasteiger partial charge is 0.385 e. The van der Waals surface area contributed by atoms with Gasteiger partial charge in [0.05, 0.1) is 28.6 Å². The molecule has 34 heavy (non-hydrogen) atoms. The Labute approximate surface area is 200 Å². The highest BCUT2D eigenvalue weighted by Crippen LogP contribution is 2.30. The Hall–Kier alpha value is -3.16. The molecule has 176 valence electrons. The number of aryl methyl sites for hydroxylation is 1. The first-order chi connectivity index (χ1) is 16.5. The van der Waals surface area contributed by atoms with Crippen molar-refractivity contribution in [3.63, 3.8) is 0 Å². The van der Waals surface area contributed by atoms with Crippen LogP contribution < -0.4 is 10.6 Å². The highest BCUT2D eigenvalue weighted by atomic mass is 15.4. The number of nitrogens with one attached hydrogen (secondary N) is 1. The van der Waals surface area contributed by atoms with E-state index in [1.165, 1.54) is 26.2 Å². The lowest BCUT2D eigenvalue weighted by Gasteiger charge is -2.49. The third kappa shape index (κ3) is 3.69. The number of nitrogen functional groups attached to an aromatic ring is 1. The predicted molar refractivity (Wildman–Crippen MR) is 140 cm³/mol. The lowest BCUT2D eigenvalue weighted by Crippen LogP contribution is -2.63. The zero-order chi connectivity index (χ0) is 23.4. The summed E-state index contributed by atoms with van der Waals surface area (Å²) >= 11 is 0. The number of hydrogen-bond donors (Lipinski definition) is 2. The number of pyridine rings is 2. The van der Waals surface area contributed by atoms with E-state index in [9.17, 15) is 0 Å². The van der Waals surface area contributed by atoms with E-state index in [1.807, 2.05) is 19.2 Å². The van der Waals surface area contributed by atoms with Gasteiger partial charge in [0.15, 0.2) is 0 Å². The van der Waals surface area contributed by atoms with Gasteiger partial charge in [-0.15, -0.1) is 0 Å². The molecule has 3 aromatic heterocycles. The van der Waals surface area contributed by atoms with Gasteiger partial charge in [-0.25, -0.2) is 4.98 Å². The Morgan fingerprint density at radius 1 is 1.00 bits per heavy atom. The number of aromatic nitrogens is 3. The Bertz CT molecular complexity index is 1340. The molecule has 0 amide bonds. The molecule has 0 unspecified atom stereocenters. The van der Waals surface area contributed by atoms with Crippen molar-refractivity contribution < 1.29 is 0 Å². The second-order valence-corrected chi connectivity index (χ2v) is 10.1. The monoisotopic (exact) mass is 455 g/mol. The van der Waals surface area contributed by atoms with Crippen LogP contribution in [0.25, 0.3) is 33.2 Å². The minimum atomic E-state index is 0.646. The van der Waals surface area contributed by atoms with Gasteiger partial charge in [-0.05, 0) is 50.6 Å². The Morgan fingerprint density at radius 3 is 2.56 bits per heavy atom. The van der Waals surface area contributed by atoms with Crippen molar-refractivity contribution in [2.24, 2.45) is 0 Å². The summed E-state index contributed by atoms with van der Waals surface area (Å²) in [6.45, 7) is 13.5. The van der Waals surface area contributed by atoms with E-state index in [4.69, 9.17) is 15.7 Å². The van der Waals surface area contributed by atoms with Gasteiger partial charge in [0.1, 0.15) is 5.82 Å². The quantitative estimate of drug-likeness (QED) is 0.486. The van der Waals surface area contributed by atoms with Crippen molar-refractivity contribution in [1.29, 1.82) is 0 Å². The molecule has 5 heterocycles. The minimum Gasteiger partial charge on any atom is -0.385 e. The van der Waals surface area contributed by atoms with Crippen molar-refractivity contribution in [2.45, 2.75) is 32.9 Å². The molecule has 2 aliphatic heterocycles. The molecule has 0 bridgehead atoms. The van der Waals surface area contributed by atoms with Crippen molar-refractivity contribution in [3.8, 4) is 11.3 Å². The first kappa shape index (κ1) is 21.4. The van der Waals surface area contributed by atoms with Gasteiger partial charge in [-0.1, -0.05) is 12.1 Å². The lowest BCUT2D eigenvalue weighted by molar-refractivity contribution is 0.0678. The highest BCUT2D eigenvalue weighted by Gasteiger charge is 2.34. The number of H-pyrrole nitrogens is 1. The smallest absolute Gasteiger partial charge is 0.104 e. The van der Waals surface area contributed by atoms with Crippen LogP contribution >= 0.6 is 0 Å². The average molecular weight is 456 g/mol. The maximum Gasteiger partial charge on any atom is 0.104 e. The van der Waals surface area contributed by atoms with Crippen LogP contribution in [0.5, 0.6) is 0 Å². The Kier molecular flexibility index (Phi) is 5.19. The molecule has 3 N–H and O–H groups in total. The first-order valence-corrected chi connectivity index (χ1v) is 12.3. The summed E-state index contributed by atoms with van der Waals surface area (Å²) in [5, 5.41) is 1.16. The van der Waals surface area contributed by atoms with E-state index in [0.717, 1.165) is 63.4 Å². The maximum atomic E-state index is 6.07. The number of anilines is 2. The molecule has 7 nitrogen and oxygen atoms in total. The molecule has 1 aromatic carbocycles. The van der Waals surface area contributed by atoms with E-state index < -0.39 is 0 Å². The summed E-state index contributed by atoms with van der Waals surface area (Å²) in [6.07, 6.45) is 1.99. The van der Waals surface area contributed by atoms with E-state index in [0.29, 0.717) is 12.1 Å². The van der Waals surface area contributed by atoms with Gasteiger partial charge in [-0.3, -0.25) is 14.8 Å². The fourth-order valence-corrected chi connectivity index (χ4v) is 5.36. The number of rotatable bonds is 4. The predicted octanol–water partition coefficient (Wildman–Crippen LogP) is 3.88. The van der Waals surface area contributed by atoms with Crippen LogP contribution in [-0.4, -0.2) is 76.1 Å². The van der Waals surface area contributed by atoms with Gasteiger partial charge in [-0.2, -0.15) is 0 Å². The number of fused-ring (bicyclic) bond motifs is 2. The van der Waals surface area contributed by atoms with Crippen LogP contribution in [0.15, 0.2) is 42.6 Å². The van der Waals surface area contributed by atoms with Gasteiger partial charge in [0.2, 0.25) is 0 Å². The molecule has 0 saturated carbocycles. The molecular formula is C27H33N7. The van der Waals surface area contributed by atoms with Crippen LogP contribution in [0.2, 0.25) is 0 Å². The summed E-state index contributed by atoms with van der Waals surface area (Å²) < 4.78 is 0. The van der Waals surface area contributed by atoms with E-state index in [1.54, 1.807) is 0 Å². The third-order valence-corrected chi connectivity index (χ3v) is 7.74. The second kappa shape index (κ2) is 8.25. The summed E-state index contributed by atoms with van der Waals surface area (Å²) in [5.74, 6) is 0.724. The normalized spacial score (nSPS) is 18.3. The molecule has 0 atom stereocenters. The lowest BCUT2D eigenvalue weighted by atomic mass is 10.0. The number of nitrogens with two attached hydrogens (primary N) is 1. The minimum absolute atomic E-state index is 0.646. The molecule has 7 heteroatoms. The van der Waals surface area contributed by atoms with Gasteiger partial charge >= 0.3 is 0 Å². The molecule has 6 rings (SSSR count). The maximum absolute atomic E-state index is 6.07. The molecule has 0 spiro atoms. The fourth-order valence-electron chi connectivity index (χ4n) is 5.36. The van der Waals surface area contributed by atoms with E-state index in [2.05, 4.69) is 63.9 Å². The van der Waals surface area contributed by atoms with Gasteiger partial charge in [0, 0.05) is 67.8 Å². The molecular weight excluding hydrogens is 422 g/mol. The SMILES string of the molecule is Cc1c(N)[nH]c2cc(-c3ccc4ncc(N5CC(N6CCN(C(C)C)CC6)C5)cc4n3)ccc12. The molecule has 2 saturated heterocycles. The first-order valence-electron chi connectivity index (χ1n) is 12.3. The molecule has 2 aliphatic rings. The molecule has 4 aromatic rings. The zero-order valence-corrected chi connectivity index (χ0v) is 20.3. The topological polar surface area (TPSA) is 77.3 Å². The number of aromatic amines is 1. The van der Waals surface area contributed by atoms with Crippen LogP contribution in [-0.2, 0) is 0 Å². The summed E-state index contributed by atoms with van der Waals surface area (Å²) in [4.78, 5) is 20.6. The van der Waals surface area contributed by atoms with E-state index >= 15 is 0 Å². The van der Waals surface area contributed by atoms with Crippen molar-refractivity contribution >= 4 is 33.4 Å². The zero-order valence-electron chi connectivity index (χ0n) is 20.3. The fraction of sp³-hybridized carbons (Fsp3) is 0.407.